The molecule has 7 heteroatoms. The van der Waals surface area contributed by atoms with Crippen molar-refractivity contribution < 1.29 is 14.3 Å². The average molecular weight is 372 g/mol. The van der Waals surface area contributed by atoms with E-state index in [9.17, 15) is 9.59 Å². The van der Waals surface area contributed by atoms with Gasteiger partial charge in [-0.15, -0.1) is 0 Å². The van der Waals surface area contributed by atoms with Crippen molar-refractivity contribution in [1.82, 2.24) is 20.0 Å². The van der Waals surface area contributed by atoms with Gasteiger partial charge in [-0.05, 0) is 39.3 Å². The maximum atomic E-state index is 12.3. The van der Waals surface area contributed by atoms with Crippen LogP contribution in [0.1, 0.15) is 39.2 Å². The van der Waals surface area contributed by atoms with Gasteiger partial charge in [0.15, 0.2) is 0 Å². The Morgan fingerprint density at radius 3 is 2.59 bits per heavy atom. The smallest absolute Gasteiger partial charge is 0.407 e. The molecule has 27 heavy (non-hydrogen) atoms. The Labute approximate surface area is 160 Å². The van der Waals surface area contributed by atoms with Gasteiger partial charge >= 0.3 is 6.09 Å². The maximum absolute atomic E-state index is 12.3. The Morgan fingerprint density at radius 2 is 1.93 bits per heavy atom. The molecule has 0 fully saturated rings. The average Bonchev–Trinajstić information content (AvgIpc) is 3.06. The lowest BCUT2D eigenvalue weighted by Crippen LogP contribution is -2.33. The van der Waals surface area contributed by atoms with Gasteiger partial charge in [0.25, 0.3) is 0 Å². The number of benzene rings is 1. The molecule has 1 aromatic heterocycles. The van der Waals surface area contributed by atoms with Gasteiger partial charge in [0, 0.05) is 38.3 Å². The van der Waals surface area contributed by atoms with Crippen LogP contribution >= 0.6 is 0 Å². The molecule has 1 heterocycles. The molecule has 2 rings (SSSR count). The third kappa shape index (κ3) is 7.13. The fourth-order valence-electron chi connectivity index (χ4n) is 2.46. The summed E-state index contributed by atoms with van der Waals surface area (Å²) in [7, 11) is 1.77. The fourth-order valence-corrected chi connectivity index (χ4v) is 2.46. The largest absolute Gasteiger partial charge is 0.444 e. The molecule has 0 aliphatic carbocycles. The highest BCUT2D eigenvalue weighted by atomic mass is 16.6. The molecule has 0 aliphatic rings. The molecule has 0 unspecified atom stereocenters. The van der Waals surface area contributed by atoms with Crippen LogP contribution in [0.3, 0.4) is 0 Å². The van der Waals surface area contributed by atoms with Crippen molar-refractivity contribution in [2.24, 2.45) is 0 Å². The van der Waals surface area contributed by atoms with E-state index in [2.05, 4.69) is 10.4 Å². The minimum absolute atomic E-state index is 0.0217. The summed E-state index contributed by atoms with van der Waals surface area (Å²) in [5.74, 6) is 0.0217. The zero-order valence-electron chi connectivity index (χ0n) is 16.4. The number of hydrogen-bond donors (Lipinski definition) is 1. The van der Waals surface area contributed by atoms with Crippen molar-refractivity contribution in [1.29, 1.82) is 0 Å². The van der Waals surface area contributed by atoms with Gasteiger partial charge in [-0.25, -0.2) is 9.48 Å². The lowest BCUT2D eigenvalue weighted by molar-refractivity contribution is -0.130. The van der Waals surface area contributed by atoms with Gasteiger partial charge in [-0.3, -0.25) is 4.79 Å². The predicted molar refractivity (Wildman–Crippen MR) is 104 cm³/mol. The van der Waals surface area contributed by atoms with Crippen molar-refractivity contribution in [2.75, 3.05) is 13.6 Å². The van der Waals surface area contributed by atoms with Crippen LogP contribution < -0.4 is 5.32 Å². The Hall–Kier alpha value is -2.83. The summed E-state index contributed by atoms with van der Waals surface area (Å²) in [6.07, 6.45) is 4.14. The molecule has 0 aliphatic heterocycles. The zero-order chi connectivity index (χ0) is 19.9. The van der Waals surface area contributed by atoms with Crippen molar-refractivity contribution in [2.45, 2.75) is 45.8 Å². The predicted octanol–water partition coefficient (Wildman–Crippen LogP) is 3.14. The standard InChI is InChI=1S/C20H28N4O3/c1-20(2,3)27-19(26)21-12-8-11-18(25)23(4)14-16-13-22-24(15-16)17-9-6-5-7-10-17/h5-7,9-10,13,15H,8,11-12,14H2,1-4H3,(H,21,26). The van der Waals surface area contributed by atoms with Gasteiger partial charge in [0.1, 0.15) is 5.60 Å². The van der Waals surface area contributed by atoms with Gasteiger partial charge < -0.3 is 15.0 Å². The van der Waals surface area contributed by atoms with Gasteiger partial charge in [0.2, 0.25) is 5.91 Å². The highest BCUT2D eigenvalue weighted by Crippen LogP contribution is 2.10. The van der Waals surface area contributed by atoms with E-state index in [0.717, 1.165) is 11.3 Å². The summed E-state index contributed by atoms with van der Waals surface area (Å²) >= 11 is 0. The number of amides is 2. The van der Waals surface area contributed by atoms with Crippen molar-refractivity contribution in [3.8, 4) is 5.69 Å². The van der Waals surface area contributed by atoms with E-state index in [-0.39, 0.29) is 5.91 Å². The highest BCUT2D eigenvalue weighted by molar-refractivity contribution is 5.76. The van der Waals surface area contributed by atoms with E-state index in [1.54, 1.807) is 22.8 Å². The molecule has 0 bridgehead atoms. The number of nitrogens with zero attached hydrogens (tertiary/aromatic N) is 3. The van der Waals surface area contributed by atoms with Gasteiger partial charge in [0.05, 0.1) is 11.9 Å². The number of hydrogen-bond acceptors (Lipinski definition) is 4. The topological polar surface area (TPSA) is 76.5 Å². The summed E-state index contributed by atoms with van der Waals surface area (Å²) in [5, 5.41) is 7.00. The Morgan fingerprint density at radius 1 is 1.22 bits per heavy atom. The monoisotopic (exact) mass is 372 g/mol. The fraction of sp³-hybridized carbons (Fsp3) is 0.450. The number of para-hydroxylation sites is 1. The second-order valence-corrected chi connectivity index (χ2v) is 7.41. The summed E-state index contributed by atoms with van der Waals surface area (Å²) in [5.41, 5.74) is 1.41. The summed E-state index contributed by atoms with van der Waals surface area (Å²) in [6, 6.07) is 9.82. The number of nitrogens with one attached hydrogen (secondary N) is 1. The first kappa shape index (κ1) is 20.5. The zero-order valence-corrected chi connectivity index (χ0v) is 16.4. The molecule has 2 aromatic rings. The molecule has 0 saturated carbocycles. The van der Waals surface area contributed by atoms with Crippen molar-refractivity contribution >= 4 is 12.0 Å². The van der Waals surface area contributed by atoms with Crippen LogP contribution in [0.25, 0.3) is 5.69 Å². The molecule has 7 nitrogen and oxygen atoms in total. The van der Waals surface area contributed by atoms with E-state index in [1.165, 1.54) is 0 Å². The minimum atomic E-state index is -0.524. The number of ether oxygens (including phenoxy) is 1. The molecule has 1 N–H and O–H groups in total. The number of rotatable bonds is 7. The second kappa shape index (κ2) is 9.21. The van der Waals surface area contributed by atoms with Crippen molar-refractivity contribution in [3.63, 3.8) is 0 Å². The van der Waals surface area contributed by atoms with Crippen LogP contribution in [0.15, 0.2) is 42.7 Å². The molecule has 0 spiro atoms. The Kier molecular flexibility index (Phi) is 6.98. The lowest BCUT2D eigenvalue weighted by Gasteiger charge is -2.20. The van der Waals surface area contributed by atoms with Crippen LogP contribution in [0.5, 0.6) is 0 Å². The first-order valence-electron chi connectivity index (χ1n) is 9.04. The van der Waals surface area contributed by atoms with Crippen molar-refractivity contribution in [3.05, 3.63) is 48.3 Å². The number of alkyl carbamates (subject to hydrolysis) is 1. The SMILES string of the molecule is CN(Cc1cnn(-c2ccccc2)c1)C(=O)CCCNC(=O)OC(C)(C)C. The second-order valence-electron chi connectivity index (χ2n) is 7.41. The molecular formula is C20H28N4O3. The van der Waals surface area contributed by atoms with Crippen LogP contribution in [0.4, 0.5) is 4.79 Å². The van der Waals surface area contributed by atoms with Crippen LogP contribution in [0, 0.1) is 0 Å². The molecule has 0 atom stereocenters. The van der Waals surface area contributed by atoms with E-state index >= 15 is 0 Å². The molecule has 1 aromatic carbocycles. The van der Waals surface area contributed by atoms with Gasteiger partial charge in [-0.1, -0.05) is 18.2 Å². The molecule has 0 radical (unpaired) electrons. The van der Waals surface area contributed by atoms with Crippen LogP contribution in [-0.4, -0.2) is 45.9 Å². The third-order valence-electron chi connectivity index (χ3n) is 3.74. The van der Waals surface area contributed by atoms with E-state index < -0.39 is 11.7 Å². The van der Waals surface area contributed by atoms with Gasteiger partial charge in [-0.2, -0.15) is 5.10 Å². The quantitative estimate of drug-likeness (QED) is 0.758. The van der Waals surface area contributed by atoms with Crippen LogP contribution in [0.2, 0.25) is 0 Å². The molecule has 0 saturated heterocycles. The number of carbonyl (C=O) groups excluding carboxylic acids is 2. The number of carbonyl (C=O) groups is 2. The first-order valence-corrected chi connectivity index (χ1v) is 9.04. The maximum Gasteiger partial charge on any atom is 0.407 e. The number of aromatic nitrogens is 2. The van der Waals surface area contributed by atoms with E-state index in [0.29, 0.717) is 25.9 Å². The normalized spacial score (nSPS) is 11.1. The Balaban J connectivity index is 1.73. The lowest BCUT2D eigenvalue weighted by atomic mass is 10.2. The summed E-state index contributed by atoms with van der Waals surface area (Å²) < 4.78 is 6.95. The van der Waals surface area contributed by atoms with E-state index in [1.807, 2.05) is 57.3 Å². The minimum Gasteiger partial charge on any atom is -0.444 e. The first-order chi connectivity index (χ1) is 12.7. The summed E-state index contributed by atoms with van der Waals surface area (Å²) in [4.78, 5) is 25.5. The molecular weight excluding hydrogens is 344 g/mol. The third-order valence-corrected chi connectivity index (χ3v) is 3.74. The summed E-state index contributed by atoms with van der Waals surface area (Å²) in [6.45, 7) is 6.33. The van der Waals surface area contributed by atoms with E-state index in [4.69, 9.17) is 4.74 Å². The molecule has 2 amide bonds. The Bertz CT molecular complexity index is 750. The molecule has 146 valence electrons. The highest BCUT2D eigenvalue weighted by Gasteiger charge is 2.16. The van der Waals surface area contributed by atoms with Crippen LogP contribution in [-0.2, 0) is 16.1 Å².